The minimum absolute atomic E-state index is 0.140. The number of carbonyl (C=O) groups is 1. The Morgan fingerprint density at radius 3 is 2.16 bits per heavy atom. The van der Waals surface area contributed by atoms with E-state index in [1.165, 1.54) is 5.69 Å². The van der Waals surface area contributed by atoms with Gasteiger partial charge < -0.3 is 10.0 Å². The maximum atomic E-state index is 11.3. The normalized spacial score (nSPS) is 18.6. The van der Waals surface area contributed by atoms with Crippen molar-refractivity contribution in [3.8, 4) is 0 Å². The van der Waals surface area contributed by atoms with E-state index in [9.17, 15) is 9.90 Å². The van der Waals surface area contributed by atoms with Crippen molar-refractivity contribution in [1.82, 2.24) is 4.90 Å². The van der Waals surface area contributed by atoms with Crippen molar-refractivity contribution in [3.05, 3.63) is 30.3 Å². The number of para-hydroxylation sites is 1. The van der Waals surface area contributed by atoms with Gasteiger partial charge >= 0.3 is 5.97 Å². The van der Waals surface area contributed by atoms with Crippen LogP contribution in [0.3, 0.4) is 0 Å². The third-order valence-corrected chi connectivity index (χ3v) is 3.71. The van der Waals surface area contributed by atoms with Crippen molar-refractivity contribution in [2.75, 3.05) is 31.1 Å². The van der Waals surface area contributed by atoms with Crippen molar-refractivity contribution in [2.24, 2.45) is 5.92 Å². The molecule has 1 heterocycles. The highest BCUT2D eigenvalue weighted by Gasteiger charge is 2.31. The number of carboxylic acid groups (broad SMARTS) is 1. The van der Waals surface area contributed by atoms with E-state index >= 15 is 0 Å². The molecule has 1 aromatic carbocycles. The van der Waals surface area contributed by atoms with Gasteiger partial charge in [-0.15, -0.1) is 0 Å². The number of anilines is 1. The topological polar surface area (TPSA) is 43.8 Å². The van der Waals surface area contributed by atoms with Crippen LogP contribution in [0.5, 0.6) is 0 Å². The van der Waals surface area contributed by atoms with Gasteiger partial charge in [-0.2, -0.15) is 0 Å². The minimum Gasteiger partial charge on any atom is -0.480 e. The fourth-order valence-corrected chi connectivity index (χ4v) is 2.76. The summed E-state index contributed by atoms with van der Waals surface area (Å²) in [5.41, 5.74) is 1.22. The van der Waals surface area contributed by atoms with Gasteiger partial charge in [-0.05, 0) is 18.1 Å². The summed E-state index contributed by atoms with van der Waals surface area (Å²) in [6.45, 7) is 7.35. The highest BCUT2D eigenvalue weighted by atomic mass is 16.4. The molecule has 0 saturated carbocycles. The molecule has 19 heavy (non-hydrogen) atoms. The van der Waals surface area contributed by atoms with E-state index in [4.69, 9.17) is 0 Å². The first-order valence-electron chi connectivity index (χ1n) is 6.86. The molecule has 4 heteroatoms. The molecule has 0 bridgehead atoms. The standard InChI is InChI=1S/C15H22N2O2/c1-12(2)14(15(18)19)17-10-8-16(9-11-17)13-6-4-3-5-7-13/h3-7,12,14H,8-11H2,1-2H3,(H,18,19). The first-order chi connectivity index (χ1) is 9.09. The van der Waals surface area contributed by atoms with Gasteiger partial charge in [-0.3, -0.25) is 9.69 Å². The molecular formula is C15H22N2O2. The Kier molecular flexibility index (Phi) is 4.43. The quantitative estimate of drug-likeness (QED) is 0.900. The number of aliphatic carboxylic acids is 1. The Labute approximate surface area is 114 Å². The number of piperazine rings is 1. The summed E-state index contributed by atoms with van der Waals surface area (Å²) in [6, 6.07) is 9.93. The molecule has 0 aliphatic carbocycles. The molecule has 0 spiro atoms. The van der Waals surface area contributed by atoms with E-state index in [1.54, 1.807) is 0 Å². The molecule has 1 unspecified atom stereocenters. The van der Waals surface area contributed by atoms with Crippen LogP contribution in [0, 0.1) is 5.92 Å². The lowest BCUT2D eigenvalue weighted by molar-refractivity contribution is -0.145. The Bertz CT molecular complexity index is 411. The molecule has 0 aromatic heterocycles. The Balaban J connectivity index is 1.97. The summed E-state index contributed by atoms with van der Waals surface area (Å²) in [5.74, 6) is -0.566. The molecular weight excluding hydrogens is 240 g/mol. The van der Waals surface area contributed by atoms with E-state index in [0.717, 1.165) is 26.2 Å². The van der Waals surface area contributed by atoms with Crippen molar-refractivity contribution in [2.45, 2.75) is 19.9 Å². The average Bonchev–Trinajstić information content (AvgIpc) is 2.40. The summed E-state index contributed by atoms with van der Waals surface area (Å²) in [4.78, 5) is 15.7. The molecule has 1 N–H and O–H groups in total. The molecule has 2 rings (SSSR count). The lowest BCUT2D eigenvalue weighted by Gasteiger charge is -2.40. The minimum atomic E-state index is -0.705. The number of nitrogens with zero attached hydrogens (tertiary/aromatic N) is 2. The maximum absolute atomic E-state index is 11.3. The summed E-state index contributed by atoms with van der Waals surface area (Å²) in [7, 11) is 0. The molecule has 1 aliphatic rings. The second-order valence-corrected chi connectivity index (χ2v) is 5.39. The molecule has 1 aliphatic heterocycles. The molecule has 4 nitrogen and oxygen atoms in total. The summed E-state index contributed by atoms with van der Waals surface area (Å²) in [6.07, 6.45) is 0. The van der Waals surface area contributed by atoms with Crippen LogP contribution in [0.15, 0.2) is 30.3 Å². The van der Waals surface area contributed by atoms with Crippen molar-refractivity contribution < 1.29 is 9.90 Å². The highest BCUT2D eigenvalue weighted by molar-refractivity contribution is 5.73. The second kappa shape index (κ2) is 6.06. The largest absolute Gasteiger partial charge is 0.480 e. The zero-order valence-electron chi connectivity index (χ0n) is 11.6. The Morgan fingerprint density at radius 1 is 1.11 bits per heavy atom. The smallest absolute Gasteiger partial charge is 0.321 e. The third kappa shape index (κ3) is 3.26. The Hall–Kier alpha value is -1.55. The van der Waals surface area contributed by atoms with E-state index in [-0.39, 0.29) is 12.0 Å². The zero-order chi connectivity index (χ0) is 13.8. The molecule has 0 amide bonds. The number of benzene rings is 1. The monoisotopic (exact) mass is 262 g/mol. The van der Waals surface area contributed by atoms with Crippen LogP contribution in [-0.2, 0) is 4.79 Å². The molecule has 1 aromatic rings. The van der Waals surface area contributed by atoms with Crippen molar-refractivity contribution >= 4 is 11.7 Å². The van der Waals surface area contributed by atoms with Gasteiger partial charge in [0.15, 0.2) is 0 Å². The maximum Gasteiger partial charge on any atom is 0.321 e. The van der Waals surface area contributed by atoms with E-state index < -0.39 is 5.97 Å². The van der Waals surface area contributed by atoms with Crippen LogP contribution in [-0.4, -0.2) is 48.2 Å². The van der Waals surface area contributed by atoms with Gasteiger partial charge in [-0.25, -0.2) is 0 Å². The number of hydrogen-bond donors (Lipinski definition) is 1. The SMILES string of the molecule is CC(C)C(C(=O)O)N1CCN(c2ccccc2)CC1. The predicted molar refractivity (Wildman–Crippen MR) is 76.5 cm³/mol. The van der Waals surface area contributed by atoms with Crippen LogP contribution in [0.4, 0.5) is 5.69 Å². The third-order valence-electron chi connectivity index (χ3n) is 3.71. The highest BCUT2D eigenvalue weighted by Crippen LogP contribution is 2.19. The number of rotatable bonds is 4. The van der Waals surface area contributed by atoms with Crippen LogP contribution in [0.25, 0.3) is 0 Å². The van der Waals surface area contributed by atoms with Crippen LogP contribution in [0.2, 0.25) is 0 Å². The van der Waals surface area contributed by atoms with Crippen molar-refractivity contribution in [1.29, 1.82) is 0 Å². The van der Waals surface area contributed by atoms with Gasteiger partial charge in [0, 0.05) is 31.9 Å². The summed E-state index contributed by atoms with van der Waals surface area (Å²) in [5, 5.41) is 9.32. The number of carboxylic acids is 1. The van der Waals surface area contributed by atoms with E-state index in [0.29, 0.717) is 0 Å². The van der Waals surface area contributed by atoms with Gasteiger partial charge in [0.05, 0.1) is 0 Å². The summed E-state index contributed by atoms with van der Waals surface area (Å²) >= 11 is 0. The van der Waals surface area contributed by atoms with Crippen LogP contribution < -0.4 is 4.90 Å². The fraction of sp³-hybridized carbons (Fsp3) is 0.533. The van der Waals surface area contributed by atoms with Gasteiger partial charge in [-0.1, -0.05) is 32.0 Å². The van der Waals surface area contributed by atoms with E-state index in [1.807, 2.05) is 32.0 Å². The first kappa shape index (κ1) is 13.9. The summed E-state index contributed by atoms with van der Waals surface area (Å²) < 4.78 is 0. The molecule has 104 valence electrons. The average molecular weight is 262 g/mol. The zero-order valence-corrected chi connectivity index (χ0v) is 11.6. The molecule has 1 atom stereocenters. The predicted octanol–water partition coefficient (Wildman–Crippen LogP) is 1.92. The lowest BCUT2D eigenvalue weighted by Crippen LogP contribution is -2.54. The fourth-order valence-electron chi connectivity index (χ4n) is 2.76. The van der Waals surface area contributed by atoms with Crippen LogP contribution >= 0.6 is 0 Å². The van der Waals surface area contributed by atoms with Gasteiger partial charge in [0.1, 0.15) is 6.04 Å². The van der Waals surface area contributed by atoms with Gasteiger partial charge in [0.25, 0.3) is 0 Å². The van der Waals surface area contributed by atoms with Crippen molar-refractivity contribution in [3.63, 3.8) is 0 Å². The Morgan fingerprint density at radius 2 is 1.68 bits per heavy atom. The molecule has 1 fully saturated rings. The molecule has 0 radical (unpaired) electrons. The van der Waals surface area contributed by atoms with Crippen LogP contribution in [0.1, 0.15) is 13.8 Å². The van der Waals surface area contributed by atoms with E-state index in [2.05, 4.69) is 21.9 Å². The second-order valence-electron chi connectivity index (χ2n) is 5.39. The molecule has 1 saturated heterocycles. The van der Waals surface area contributed by atoms with Gasteiger partial charge in [0.2, 0.25) is 0 Å². The number of hydrogen-bond acceptors (Lipinski definition) is 3. The lowest BCUT2D eigenvalue weighted by atomic mass is 10.0. The first-order valence-corrected chi connectivity index (χ1v) is 6.86.